The first-order chi connectivity index (χ1) is 13.4. The third-order valence-corrected chi connectivity index (χ3v) is 5.67. The lowest BCUT2D eigenvalue weighted by Gasteiger charge is -2.27. The summed E-state index contributed by atoms with van der Waals surface area (Å²) in [4.78, 5) is 10.3. The summed E-state index contributed by atoms with van der Waals surface area (Å²) in [5.41, 5.74) is 0. The molecule has 0 radical (unpaired) electrons. The van der Waals surface area contributed by atoms with E-state index in [9.17, 15) is 14.6 Å². The summed E-state index contributed by atoms with van der Waals surface area (Å²) in [6.07, 6.45) is -4.11. The SMILES string of the molecule is C=C(OP(=O)(O)OC1C(O)[C@H](C)O[C@@H]1COC(C)C)[C@H]1O[C@@H](C)CC1OC(C)C. The van der Waals surface area contributed by atoms with Crippen LogP contribution in [-0.2, 0) is 32.6 Å². The zero-order valence-electron chi connectivity index (χ0n) is 18.0. The molecule has 0 bridgehead atoms. The summed E-state index contributed by atoms with van der Waals surface area (Å²) in [5, 5.41) is 10.3. The number of rotatable bonds is 10. The summed E-state index contributed by atoms with van der Waals surface area (Å²) >= 11 is 0. The number of hydrogen-bond donors (Lipinski definition) is 2. The minimum Gasteiger partial charge on any atom is -0.406 e. The Hall–Kier alpha value is -0.510. The number of hydrogen-bond acceptors (Lipinski definition) is 8. The van der Waals surface area contributed by atoms with Crippen molar-refractivity contribution in [2.45, 2.75) is 103 Å². The lowest BCUT2D eigenvalue weighted by Crippen LogP contribution is -2.37. The molecule has 2 N–H and O–H groups in total. The van der Waals surface area contributed by atoms with Crippen LogP contribution in [0.3, 0.4) is 0 Å². The van der Waals surface area contributed by atoms with E-state index in [4.69, 9.17) is 28.0 Å². The zero-order valence-corrected chi connectivity index (χ0v) is 18.9. The van der Waals surface area contributed by atoms with Gasteiger partial charge in [-0.1, -0.05) is 6.58 Å². The van der Waals surface area contributed by atoms with E-state index in [1.807, 2.05) is 34.6 Å². The average Bonchev–Trinajstić information content (AvgIpc) is 3.06. The largest absolute Gasteiger partial charge is 0.527 e. The summed E-state index contributed by atoms with van der Waals surface area (Å²) in [7, 11) is -4.61. The second-order valence-electron chi connectivity index (χ2n) is 8.17. The number of ether oxygens (including phenoxy) is 4. The Bertz CT molecular complexity index is 596. The van der Waals surface area contributed by atoms with Gasteiger partial charge in [0.15, 0.2) is 0 Å². The van der Waals surface area contributed by atoms with Crippen molar-refractivity contribution in [3.8, 4) is 0 Å². The van der Waals surface area contributed by atoms with E-state index < -0.39 is 38.3 Å². The molecule has 2 aliphatic rings. The average molecular weight is 438 g/mol. The van der Waals surface area contributed by atoms with Crippen molar-refractivity contribution in [1.29, 1.82) is 0 Å². The maximum absolute atomic E-state index is 12.6. The fourth-order valence-corrected chi connectivity index (χ4v) is 4.46. The van der Waals surface area contributed by atoms with E-state index >= 15 is 0 Å². The van der Waals surface area contributed by atoms with Crippen molar-refractivity contribution < 1.29 is 42.6 Å². The highest BCUT2D eigenvalue weighted by Crippen LogP contribution is 2.50. The molecule has 0 aromatic heterocycles. The highest BCUT2D eigenvalue weighted by Gasteiger charge is 2.48. The van der Waals surface area contributed by atoms with E-state index in [1.165, 1.54) is 0 Å². The van der Waals surface area contributed by atoms with E-state index in [1.54, 1.807) is 6.92 Å². The van der Waals surface area contributed by atoms with Crippen molar-refractivity contribution in [2.24, 2.45) is 0 Å². The standard InChI is InChI=1S/C19H35O9P/c1-10(2)23-9-16-19(17(20)13(6)26-16)28-29(21,22)27-14(7)18-15(24-11(3)4)8-12(5)25-18/h10-13,15-20H,7-9H2,1-6H3,(H,21,22)/t12-,13-,15?,16+,17?,18+,19?/m0/s1. The molecule has 0 spiro atoms. The van der Waals surface area contributed by atoms with Crippen molar-refractivity contribution in [1.82, 2.24) is 0 Å². The molecule has 29 heavy (non-hydrogen) atoms. The van der Waals surface area contributed by atoms with Crippen LogP contribution in [0.1, 0.15) is 48.0 Å². The van der Waals surface area contributed by atoms with Crippen LogP contribution in [0, 0.1) is 0 Å². The molecule has 8 atom stereocenters. The third-order valence-electron chi connectivity index (χ3n) is 4.70. The minimum absolute atomic E-state index is 0.0460. The van der Waals surface area contributed by atoms with Crippen molar-refractivity contribution >= 4 is 7.82 Å². The van der Waals surface area contributed by atoms with Crippen LogP contribution in [0.25, 0.3) is 0 Å². The van der Waals surface area contributed by atoms with Crippen LogP contribution in [0.15, 0.2) is 12.3 Å². The van der Waals surface area contributed by atoms with Crippen LogP contribution < -0.4 is 0 Å². The number of aliphatic hydroxyl groups excluding tert-OH is 1. The highest BCUT2D eigenvalue weighted by atomic mass is 31.2. The molecule has 2 saturated heterocycles. The summed E-state index contributed by atoms with van der Waals surface area (Å²) < 4.78 is 45.8. The normalized spacial score (nSPS) is 37.2. The Labute approximate surface area is 172 Å². The Morgan fingerprint density at radius 1 is 1.21 bits per heavy atom. The molecule has 0 aromatic rings. The quantitative estimate of drug-likeness (QED) is 0.392. The van der Waals surface area contributed by atoms with Crippen molar-refractivity contribution in [2.75, 3.05) is 6.61 Å². The van der Waals surface area contributed by atoms with Crippen molar-refractivity contribution in [3.05, 3.63) is 12.3 Å². The van der Waals surface area contributed by atoms with Gasteiger partial charge in [0.2, 0.25) is 0 Å². The molecule has 0 amide bonds. The highest BCUT2D eigenvalue weighted by molar-refractivity contribution is 7.47. The maximum Gasteiger partial charge on any atom is 0.527 e. The van der Waals surface area contributed by atoms with Gasteiger partial charge in [0.1, 0.15) is 30.2 Å². The number of phosphoric acid groups is 1. The first-order valence-corrected chi connectivity index (χ1v) is 11.5. The lowest BCUT2D eigenvalue weighted by atomic mass is 10.1. The Kier molecular flexibility index (Phi) is 8.71. The van der Waals surface area contributed by atoms with E-state index in [0.29, 0.717) is 6.42 Å². The molecule has 4 unspecified atom stereocenters. The lowest BCUT2D eigenvalue weighted by molar-refractivity contribution is -0.0587. The Balaban J connectivity index is 2.01. The first-order valence-electron chi connectivity index (χ1n) is 10.0. The molecule has 0 aromatic carbocycles. The van der Waals surface area contributed by atoms with Gasteiger partial charge in [-0.05, 0) is 41.5 Å². The van der Waals surface area contributed by atoms with Gasteiger partial charge >= 0.3 is 7.82 Å². The summed E-state index contributed by atoms with van der Waals surface area (Å²) in [6, 6.07) is 0. The fourth-order valence-electron chi connectivity index (χ4n) is 3.45. The molecule has 2 heterocycles. The van der Waals surface area contributed by atoms with E-state index in [2.05, 4.69) is 6.58 Å². The van der Waals surface area contributed by atoms with Gasteiger partial charge in [0.25, 0.3) is 0 Å². The van der Waals surface area contributed by atoms with Gasteiger partial charge in [-0.3, -0.25) is 9.42 Å². The maximum atomic E-state index is 12.6. The molecule has 10 heteroatoms. The molecule has 2 aliphatic heterocycles. The molecule has 9 nitrogen and oxygen atoms in total. The van der Waals surface area contributed by atoms with Gasteiger partial charge in [0.05, 0.1) is 37.1 Å². The van der Waals surface area contributed by atoms with E-state index in [-0.39, 0.29) is 36.8 Å². The molecule has 2 rings (SSSR count). The van der Waals surface area contributed by atoms with Gasteiger partial charge in [-0.15, -0.1) is 0 Å². The fraction of sp³-hybridized carbons (Fsp3) is 0.895. The van der Waals surface area contributed by atoms with Crippen LogP contribution in [0.4, 0.5) is 0 Å². The number of phosphoric ester groups is 1. The summed E-state index contributed by atoms with van der Waals surface area (Å²) in [6.45, 7) is 14.9. The van der Waals surface area contributed by atoms with Gasteiger partial charge in [0, 0.05) is 6.42 Å². The van der Waals surface area contributed by atoms with E-state index in [0.717, 1.165) is 0 Å². The topological polar surface area (TPSA) is 113 Å². The summed E-state index contributed by atoms with van der Waals surface area (Å²) in [5.74, 6) is -0.0535. The van der Waals surface area contributed by atoms with Crippen LogP contribution >= 0.6 is 7.82 Å². The second kappa shape index (κ2) is 10.2. The first kappa shape index (κ1) is 24.8. The van der Waals surface area contributed by atoms with Crippen LogP contribution in [-0.4, -0.2) is 71.5 Å². The molecular weight excluding hydrogens is 403 g/mol. The zero-order chi connectivity index (χ0) is 21.9. The number of aliphatic hydroxyl groups is 1. The molecular formula is C19H35O9P. The minimum atomic E-state index is -4.61. The predicted octanol–water partition coefficient (Wildman–Crippen LogP) is 2.55. The molecule has 170 valence electrons. The molecule has 0 saturated carbocycles. The monoisotopic (exact) mass is 438 g/mol. The Morgan fingerprint density at radius 3 is 2.45 bits per heavy atom. The predicted molar refractivity (Wildman–Crippen MR) is 105 cm³/mol. The molecule has 0 aliphatic carbocycles. The van der Waals surface area contributed by atoms with Crippen LogP contribution in [0.5, 0.6) is 0 Å². The Morgan fingerprint density at radius 2 is 1.86 bits per heavy atom. The third kappa shape index (κ3) is 7.01. The van der Waals surface area contributed by atoms with Gasteiger partial charge < -0.3 is 28.6 Å². The van der Waals surface area contributed by atoms with Gasteiger partial charge in [-0.25, -0.2) is 4.57 Å². The van der Waals surface area contributed by atoms with Crippen LogP contribution in [0.2, 0.25) is 0 Å². The van der Waals surface area contributed by atoms with Gasteiger partial charge in [-0.2, -0.15) is 0 Å². The smallest absolute Gasteiger partial charge is 0.406 e. The van der Waals surface area contributed by atoms with Crippen molar-refractivity contribution in [3.63, 3.8) is 0 Å². The second-order valence-corrected chi connectivity index (χ2v) is 9.51. The molecule has 2 fully saturated rings.